The third-order valence-corrected chi connectivity index (χ3v) is 3.78. The highest BCUT2D eigenvalue weighted by Gasteiger charge is 2.10. The van der Waals surface area contributed by atoms with Crippen LogP contribution in [0.25, 0.3) is 17.0 Å². The molecule has 1 aliphatic heterocycles. The van der Waals surface area contributed by atoms with E-state index in [1.54, 1.807) is 5.01 Å². The fraction of sp³-hybridized carbons (Fsp3) is 0.333. The fourth-order valence-electron chi connectivity index (χ4n) is 2.38. The number of aliphatic imine (C=N–C) groups is 1. The smallest absolute Gasteiger partial charge is 0.149 e. The molecule has 1 aliphatic rings. The predicted molar refractivity (Wildman–Crippen MR) is 99.5 cm³/mol. The molecule has 2 aromatic heterocycles. The van der Waals surface area contributed by atoms with E-state index in [0.29, 0.717) is 6.04 Å². The van der Waals surface area contributed by atoms with Gasteiger partial charge in [-0.3, -0.25) is 10.0 Å². The van der Waals surface area contributed by atoms with Crippen LogP contribution in [0.5, 0.6) is 0 Å². The van der Waals surface area contributed by atoms with Crippen LogP contribution in [-0.2, 0) is 0 Å². The van der Waals surface area contributed by atoms with Gasteiger partial charge >= 0.3 is 0 Å². The lowest BCUT2D eigenvalue weighted by Gasteiger charge is -2.12. The Morgan fingerprint density at radius 2 is 2.29 bits per heavy atom. The molecule has 2 aromatic rings. The minimum absolute atomic E-state index is 0.348. The zero-order chi connectivity index (χ0) is 16.9. The molecule has 0 spiro atoms. The number of aromatic nitrogens is 3. The van der Waals surface area contributed by atoms with Gasteiger partial charge in [-0.05, 0) is 31.9 Å². The van der Waals surface area contributed by atoms with Gasteiger partial charge in [0.25, 0.3) is 0 Å². The summed E-state index contributed by atoms with van der Waals surface area (Å²) in [6, 6.07) is 6.25. The number of nitrogens with zero attached hydrogens (tertiary/aromatic N) is 6. The summed E-state index contributed by atoms with van der Waals surface area (Å²) in [6.07, 6.45) is 11.5. The first-order valence-electron chi connectivity index (χ1n) is 8.19. The molecule has 0 aliphatic carbocycles. The Kier molecular flexibility index (Phi) is 4.84. The van der Waals surface area contributed by atoms with Crippen LogP contribution in [0.4, 0.5) is 5.82 Å². The van der Waals surface area contributed by atoms with Crippen LogP contribution in [0.3, 0.4) is 0 Å². The number of dihydropyridines is 1. The van der Waals surface area contributed by atoms with Gasteiger partial charge in [0.15, 0.2) is 0 Å². The van der Waals surface area contributed by atoms with Crippen molar-refractivity contribution in [3.63, 3.8) is 0 Å². The minimum atomic E-state index is 0.348. The van der Waals surface area contributed by atoms with E-state index in [2.05, 4.69) is 40.1 Å². The maximum atomic E-state index is 4.67. The Labute approximate surface area is 142 Å². The van der Waals surface area contributed by atoms with Gasteiger partial charge in [0.2, 0.25) is 0 Å². The molecule has 6 heteroatoms. The molecular weight excluding hydrogens is 300 g/mol. The van der Waals surface area contributed by atoms with E-state index < -0.39 is 0 Å². The summed E-state index contributed by atoms with van der Waals surface area (Å²) in [4.78, 5) is 9.12. The molecule has 0 aromatic carbocycles. The van der Waals surface area contributed by atoms with E-state index >= 15 is 0 Å². The molecule has 0 fully saturated rings. The molecule has 124 valence electrons. The summed E-state index contributed by atoms with van der Waals surface area (Å²) in [5.41, 5.74) is 2.84. The van der Waals surface area contributed by atoms with Crippen molar-refractivity contribution in [3.05, 3.63) is 36.7 Å². The zero-order valence-electron chi connectivity index (χ0n) is 14.3. The molecule has 1 atom stereocenters. The van der Waals surface area contributed by atoms with Gasteiger partial charge in [0, 0.05) is 31.2 Å². The number of pyridine rings is 1. The number of rotatable bonds is 5. The Bertz CT molecular complexity index is 786. The standard InChI is InChI=1S/C18H22N6/c1-4-10-20-23(3)18-7-5-6-17(22-18)15-11-21-24(13-15)16-9-8-14(2)19-12-16/h5-7,9-14H,4,8H2,1-3H3. The molecule has 0 bridgehead atoms. The average Bonchev–Trinajstić information content (AvgIpc) is 3.10. The van der Waals surface area contributed by atoms with Crippen molar-refractivity contribution < 1.29 is 0 Å². The van der Waals surface area contributed by atoms with Gasteiger partial charge in [-0.2, -0.15) is 10.2 Å². The summed E-state index contributed by atoms with van der Waals surface area (Å²) in [6.45, 7) is 4.16. The second-order valence-electron chi connectivity index (χ2n) is 5.78. The Balaban J connectivity index is 1.83. The average molecular weight is 322 g/mol. The fourth-order valence-corrected chi connectivity index (χ4v) is 2.38. The van der Waals surface area contributed by atoms with E-state index in [0.717, 1.165) is 35.6 Å². The van der Waals surface area contributed by atoms with Crippen LogP contribution in [0.1, 0.15) is 26.7 Å². The number of anilines is 1. The Morgan fingerprint density at radius 3 is 3.04 bits per heavy atom. The monoisotopic (exact) mass is 322 g/mol. The molecule has 3 heterocycles. The summed E-state index contributed by atoms with van der Waals surface area (Å²) in [5, 5.41) is 10.5. The first kappa shape index (κ1) is 16.1. The van der Waals surface area contributed by atoms with Crippen molar-refractivity contribution in [2.75, 3.05) is 12.1 Å². The lowest BCUT2D eigenvalue weighted by Crippen LogP contribution is -2.10. The van der Waals surface area contributed by atoms with E-state index in [4.69, 9.17) is 0 Å². The van der Waals surface area contributed by atoms with Crippen LogP contribution in [0, 0.1) is 0 Å². The number of allylic oxidation sites excluding steroid dienone is 1. The lowest BCUT2D eigenvalue weighted by atomic mass is 10.2. The zero-order valence-corrected chi connectivity index (χ0v) is 14.3. The van der Waals surface area contributed by atoms with Crippen LogP contribution in [0.2, 0.25) is 0 Å². The summed E-state index contributed by atoms with van der Waals surface area (Å²) < 4.78 is 1.85. The molecule has 24 heavy (non-hydrogen) atoms. The highest BCUT2D eigenvalue weighted by Crippen LogP contribution is 2.21. The largest absolute Gasteiger partial charge is 0.288 e. The molecule has 0 amide bonds. The van der Waals surface area contributed by atoms with Gasteiger partial charge in [0.05, 0.1) is 23.6 Å². The molecule has 0 radical (unpaired) electrons. The Hall–Kier alpha value is -2.76. The molecule has 3 rings (SSSR count). The van der Waals surface area contributed by atoms with Gasteiger partial charge in [-0.15, -0.1) is 0 Å². The second kappa shape index (κ2) is 7.21. The SMILES string of the molecule is CCC=NN(C)c1cccc(-c2cnn(C3=CCC(C)N=C3)c2)n1. The lowest BCUT2D eigenvalue weighted by molar-refractivity contribution is 0.749. The van der Waals surface area contributed by atoms with Crippen molar-refractivity contribution in [3.8, 4) is 11.3 Å². The van der Waals surface area contributed by atoms with E-state index in [1.165, 1.54) is 0 Å². The predicted octanol–water partition coefficient (Wildman–Crippen LogP) is 3.48. The first-order valence-corrected chi connectivity index (χ1v) is 8.19. The van der Waals surface area contributed by atoms with Crippen molar-refractivity contribution in [2.24, 2.45) is 10.1 Å². The van der Waals surface area contributed by atoms with Crippen molar-refractivity contribution in [2.45, 2.75) is 32.7 Å². The van der Waals surface area contributed by atoms with E-state index in [-0.39, 0.29) is 0 Å². The first-order chi connectivity index (χ1) is 11.7. The van der Waals surface area contributed by atoms with Crippen LogP contribution in [-0.4, -0.2) is 40.3 Å². The van der Waals surface area contributed by atoms with E-state index in [1.807, 2.05) is 54.8 Å². The molecule has 1 unspecified atom stereocenters. The van der Waals surface area contributed by atoms with Gasteiger partial charge in [0.1, 0.15) is 5.82 Å². The second-order valence-corrected chi connectivity index (χ2v) is 5.78. The van der Waals surface area contributed by atoms with Crippen LogP contribution < -0.4 is 5.01 Å². The normalized spacial score (nSPS) is 17.3. The molecule has 0 saturated heterocycles. The Morgan fingerprint density at radius 1 is 1.42 bits per heavy atom. The van der Waals surface area contributed by atoms with Gasteiger partial charge in [-0.25, -0.2) is 9.67 Å². The quantitative estimate of drug-likeness (QED) is 0.625. The number of hydrogen-bond acceptors (Lipinski definition) is 5. The van der Waals surface area contributed by atoms with Crippen molar-refractivity contribution >= 4 is 23.9 Å². The highest BCUT2D eigenvalue weighted by molar-refractivity contribution is 6.02. The molecular formula is C18H22N6. The maximum absolute atomic E-state index is 4.67. The van der Waals surface area contributed by atoms with Crippen LogP contribution in [0.15, 0.2) is 46.8 Å². The topological polar surface area (TPSA) is 58.7 Å². The summed E-state index contributed by atoms with van der Waals surface area (Å²) in [7, 11) is 1.90. The van der Waals surface area contributed by atoms with Gasteiger partial charge in [-0.1, -0.05) is 19.1 Å². The highest BCUT2D eigenvalue weighted by atomic mass is 15.5. The third kappa shape index (κ3) is 3.59. The van der Waals surface area contributed by atoms with Crippen molar-refractivity contribution in [1.29, 1.82) is 0 Å². The maximum Gasteiger partial charge on any atom is 0.149 e. The third-order valence-electron chi connectivity index (χ3n) is 3.78. The molecule has 6 nitrogen and oxygen atoms in total. The summed E-state index contributed by atoms with van der Waals surface area (Å²) >= 11 is 0. The van der Waals surface area contributed by atoms with E-state index in [9.17, 15) is 0 Å². The van der Waals surface area contributed by atoms with Gasteiger partial charge < -0.3 is 0 Å². The minimum Gasteiger partial charge on any atom is -0.288 e. The van der Waals surface area contributed by atoms with Crippen LogP contribution >= 0.6 is 0 Å². The number of hydrazone groups is 1. The molecule has 0 saturated carbocycles. The number of hydrogen-bond donors (Lipinski definition) is 0. The summed E-state index contributed by atoms with van der Waals surface area (Å²) in [5.74, 6) is 0.803. The van der Waals surface area contributed by atoms with Crippen molar-refractivity contribution in [1.82, 2.24) is 14.8 Å². The molecule has 0 N–H and O–H groups in total.